The lowest BCUT2D eigenvalue weighted by Gasteiger charge is -2.15. The summed E-state index contributed by atoms with van der Waals surface area (Å²) in [5.74, 6) is 0.776. The standard InChI is InChI=1S/C15H22ClNO/c1-10(2)18-15-7-4-12(9-14(15)16)8-11(3)17-13-5-6-13/h4,7,9-11,13,17H,5-6,8H2,1-3H3. The van der Waals surface area contributed by atoms with Crippen molar-refractivity contribution in [2.75, 3.05) is 0 Å². The molecule has 0 amide bonds. The Bertz CT molecular complexity index is 401. The molecule has 1 atom stereocenters. The Morgan fingerprint density at radius 2 is 2.06 bits per heavy atom. The van der Waals surface area contributed by atoms with E-state index in [1.54, 1.807) is 0 Å². The van der Waals surface area contributed by atoms with E-state index in [1.807, 2.05) is 26.0 Å². The van der Waals surface area contributed by atoms with Gasteiger partial charge in [-0.1, -0.05) is 17.7 Å². The van der Waals surface area contributed by atoms with Gasteiger partial charge in [-0.2, -0.15) is 0 Å². The molecule has 0 aromatic heterocycles. The average Bonchev–Trinajstić information content (AvgIpc) is 3.05. The first-order valence-corrected chi connectivity index (χ1v) is 7.13. The summed E-state index contributed by atoms with van der Waals surface area (Å²) < 4.78 is 5.63. The predicted molar refractivity (Wildman–Crippen MR) is 76.5 cm³/mol. The Hall–Kier alpha value is -0.730. The molecule has 3 heteroatoms. The minimum absolute atomic E-state index is 0.156. The van der Waals surface area contributed by atoms with Crippen LogP contribution in [0.4, 0.5) is 0 Å². The van der Waals surface area contributed by atoms with Crippen molar-refractivity contribution in [1.82, 2.24) is 5.32 Å². The fourth-order valence-corrected chi connectivity index (χ4v) is 2.33. The van der Waals surface area contributed by atoms with Gasteiger partial charge in [-0.15, -0.1) is 0 Å². The zero-order valence-electron chi connectivity index (χ0n) is 11.4. The molecule has 0 heterocycles. The first kappa shape index (κ1) is 13.7. The van der Waals surface area contributed by atoms with E-state index in [2.05, 4.69) is 18.3 Å². The van der Waals surface area contributed by atoms with Crippen LogP contribution in [0.25, 0.3) is 0 Å². The number of rotatable bonds is 6. The fraction of sp³-hybridized carbons (Fsp3) is 0.600. The molecule has 1 aromatic rings. The maximum atomic E-state index is 6.23. The van der Waals surface area contributed by atoms with Crippen LogP contribution in [0.5, 0.6) is 5.75 Å². The first-order chi connectivity index (χ1) is 8.54. The molecule has 1 N–H and O–H groups in total. The molecule has 1 aromatic carbocycles. The number of benzene rings is 1. The normalized spacial score (nSPS) is 16.9. The Kier molecular flexibility index (Phi) is 4.52. The van der Waals surface area contributed by atoms with Crippen LogP contribution in [0.3, 0.4) is 0 Å². The van der Waals surface area contributed by atoms with Crippen molar-refractivity contribution in [2.45, 2.75) is 58.2 Å². The van der Waals surface area contributed by atoms with Crippen LogP contribution < -0.4 is 10.1 Å². The average molecular weight is 268 g/mol. The van der Waals surface area contributed by atoms with Gasteiger partial charge in [0.2, 0.25) is 0 Å². The lowest BCUT2D eigenvalue weighted by Crippen LogP contribution is -2.29. The lowest BCUT2D eigenvalue weighted by molar-refractivity contribution is 0.242. The largest absolute Gasteiger partial charge is 0.489 e. The summed E-state index contributed by atoms with van der Waals surface area (Å²) in [6.45, 7) is 6.24. The Morgan fingerprint density at radius 1 is 1.33 bits per heavy atom. The molecule has 0 bridgehead atoms. The number of nitrogens with one attached hydrogen (secondary N) is 1. The molecule has 0 spiro atoms. The Labute approximate surface area is 115 Å². The van der Waals surface area contributed by atoms with Crippen molar-refractivity contribution in [3.05, 3.63) is 28.8 Å². The summed E-state index contributed by atoms with van der Waals surface area (Å²) in [7, 11) is 0. The van der Waals surface area contributed by atoms with E-state index in [4.69, 9.17) is 16.3 Å². The smallest absolute Gasteiger partial charge is 0.138 e. The van der Waals surface area contributed by atoms with Crippen LogP contribution >= 0.6 is 11.6 Å². The van der Waals surface area contributed by atoms with E-state index < -0.39 is 0 Å². The monoisotopic (exact) mass is 267 g/mol. The summed E-state index contributed by atoms with van der Waals surface area (Å²) in [4.78, 5) is 0. The Balaban J connectivity index is 1.94. The zero-order valence-corrected chi connectivity index (χ0v) is 12.1. The summed E-state index contributed by atoms with van der Waals surface area (Å²) in [6, 6.07) is 7.35. The van der Waals surface area contributed by atoms with Crippen molar-refractivity contribution in [1.29, 1.82) is 0 Å². The molecule has 1 aliphatic rings. The molecule has 0 aliphatic heterocycles. The maximum absolute atomic E-state index is 6.23. The summed E-state index contributed by atoms with van der Waals surface area (Å²) >= 11 is 6.23. The van der Waals surface area contributed by atoms with Crippen molar-refractivity contribution >= 4 is 11.6 Å². The van der Waals surface area contributed by atoms with Gasteiger partial charge < -0.3 is 10.1 Å². The molecule has 2 nitrogen and oxygen atoms in total. The Morgan fingerprint density at radius 3 is 2.61 bits per heavy atom. The second-order valence-corrected chi connectivity index (χ2v) is 5.88. The topological polar surface area (TPSA) is 21.3 Å². The highest BCUT2D eigenvalue weighted by Crippen LogP contribution is 2.27. The number of halogens is 1. The van der Waals surface area contributed by atoms with E-state index in [1.165, 1.54) is 18.4 Å². The molecule has 2 rings (SSSR count). The third kappa shape index (κ3) is 4.18. The second-order valence-electron chi connectivity index (χ2n) is 5.48. The van der Waals surface area contributed by atoms with E-state index >= 15 is 0 Å². The molecule has 1 unspecified atom stereocenters. The summed E-state index contributed by atoms with van der Waals surface area (Å²) in [6.07, 6.45) is 3.82. The van der Waals surface area contributed by atoms with Gasteiger partial charge in [-0.25, -0.2) is 0 Å². The quantitative estimate of drug-likeness (QED) is 0.846. The van der Waals surface area contributed by atoms with Crippen molar-refractivity contribution in [2.24, 2.45) is 0 Å². The van der Waals surface area contributed by atoms with Crippen molar-refractivity contribution in [3.8, 4) is 5.75 Å². The lowest BCUT2D eigenvalue weighted by atomic mass is 10.1. The fourth-order valence-electron chi connectivity index (χ4n) is 2.09. The highest BCUT2D eigenvalue weighted by atomic mass is 35.5. The summed E-state index contributed by atoms with van der Waals surface area (Å²) in [5.41, 5.74) is 1.26. The predicted octanol–water partition coefficient (Wildman–Crippen LogP) is 3.81. The number of hydrogen-bond donors (Lipinski definition) is 1. The van der Waals surface area contributed by atoms with Gasteiger partial charge in [-0.3, -0.25) is 0 Å². The van der Waals surface area contributed by atoms with Crippen LogP contribution in [0.1, 0.15) is 39.2 Å². The van der Waals surface area contributed by atoms with Gasteiger partial charge in [0, 0.05) is 12.1 Å². The molecule has 0 radical (unpaired) electrons. The third-order valence-electron chi connectivity index (χ3n) is 3.00. The molecule has 1 aliphatic carbocycles. The third-order valence-corrected chi connectivity index (χ3v) is 3.29. The molecule has 100 valence electrons. The van der Waals surface area contributed by atoms with Crippen LogP contribution in [-0.4, -0.2) is 18.2 Å². The zero-order chi connectivity index (χ0) is 13.1. The highest BCUT2D eigenvalue weighted by Gasteiger charge is 2.22. The molecule has 18 heavy (non-hydrogen) atoms. The van der Waals surface area contributed by atoms with E-state index in [0.29, 0.717) is 11.1 Å². The number of hydrogen-bond acceptors (Lipinski definition) is 2. The molecule has 1 fully saturated rings. The maximum Gasteiger partial charge on any atom is 0.138 e. The van der Waals surface area contributed by atoms with E-state index in [-0.39, 0.29) is 6.10 Å². The van der Waals surface area contributed by atoms with Crippen molar-refractivity contribution < 1.29 is 4.74 Å². The molecule has 1 saturated carbocycles. The van der Waals surface area contributed by atoms with Gasteiger partial charge in [0.15, 0.2) is 0 Å². The van der Waals surface area contributed by atoms with Crippen LogP contribution in [0.15, 0.2) is 18.2 Å². The molecule has 0 saturated heterocycles. The van der Waals surface area contributed by atoms with Gasteiger partial charge in [-0.05, 0) is 57.7 Å². The molecular weight excluding hydrogens is 246 g/mol. The van der Waals surface area contributed by atoms with Gasteiger partial charge in [0.1, 0.15) is 5.75 Å². The SMILES string of the molecule is CC(Cc1ccc(OC(C)C)c(Cl)c1)NC1CC1. The van der Waals surface area contributed by atoms with Crippen LogP contribution in [0, 0.1) is 0 Å². The van der Waals surface area contributed by atoms with Gasteiger partial charge in [0.05, 0.1) is 11.1 Å². The first-order valence-electron chi connectivity index (χ1n) is 6.75. The molecular formula is C15H22ClNO. The minimum atomic E-state index is 0.156. The number of ether oxygens (including phenoxy) is 1. The minimum Gasteiger partial charge on any atom is -0.489 e. The van der Waals surface area contributed by atoms with Crippen LogP contribution in [-0.2, 0) is 6.42 Å². The van der Waals surface area contributed by atoms with Crippen molar-refractivity contribution in [3.63, 3.8) is 0 Å². The highest BCUT2D eigenvalue weighted by molar-refractivity contribution is 6.32. The van der Waals surface area contributed by atoms with E-state index in [9.17, 15) is 0 Å². The second kappa shape index (κ2) is 5.94. The van der Waals surface area contributed by atoms with Crippen LogP contribution in [0.2, 0.25) is 5.02 Å². The summed E-state index contributed by atoms with van der Waals surface area (Å²) in [5, 5.41) is 4.30. The van der Waals surface area contributed by atoms with Gasteiger partial charge in [0.25, 0.3) is 0 Å². The van der Waals surface area contributed by atoms with E-state index in [0.717, 1.165) is 18.2 Å². The van der Waals surface area contributed by atoms with Gasteiger partial charge >= 0.3 is 0 Å².